The maximum absolute atomic E-state index is 11.9. The third-order valence-electron chi connectivity index (χ3n) is 4.29. The van der Waals surface area contributed by atoms with Crippen LogP contribution in [-0.4, -0.2) is 33.8 Å². The Kier molecular flexibility index (Phi) is 3.78. The number of nitrogens with one attached hydrogen (secondary N) is 2. The first-order valence-corrected chi connectivity index (χ1v) is 7.85. The minimum Gasteiger partial charge on any atom is -0.365 e. The van der Waals surface area contributed by atoms with Crippen LogP contribution in [0.25, 0.3) is 22.0 Å². The fraction of sp³-hybridized carbons (Fsp3) is 0.118. The standard InChI is InChI=1S/C17H17N5O4/c18-14(23)13-11-6-3-9(8-1-4-10(5-2-8)22(24)25)7-12(11)20-16(13)21-17-15(19)26-17/h1-7,15,17,20-21,24-25H,19H2,(H2,18,23)/t15-,17?/m1/s1. The van der Waals surface area contributed by atoms with E-state index in [2.05, 4.69) is 10.3 Å². The molecule has 2 atom stereocenters. The number of benzene rings is 2. The van der Waals surface area contributed by atoms with Crippen LogP contribution in [0.15, 0.2) is 42.5 Å². The van der Waals surface area contributed by atoms with Crippen molar-refractivity contribution >= 4 is 28.3 Å². The lowest BCUT2D eigenvalue weighted by molar-refractivity contribution is 0.0291. The molecular formula is C17H17N5O4. The molecule has 1 amide bonds. The molecule has 26 heavy (non-hydrogen) atoms. The molecule has 2 heterocycles. The SMILES string of the molecule is NC(=O)c1c(NC2O[C@H]2N)[nH]c2cc(-c3ccc(N(O)O)cc3)ccc12. The van der Waals surface area contributed by atoms with Gasteiger partial charge in [0.25, 0.3) is 5.91 Å². The summed E-state index contributed by atoms with van der Waals surface area (Å²) in [4.78, 5) is 15.0. The highest BCUT2D eigenvalue weighted by atomic mass is 16.8. The maximum Gasteiger partial charge on any atom is 0.253 e. The van der Waals surface area contributed by atoms with E-state index in [4.69, 9.17) is 26.6 Å². The monoisotopic (exact) mass is 355 g/mol. The number of anilines is 2. The number of aromatic nitrogens is 1. The Morgan fingerprint density at radius 2 is 1.81 bits per heavy atom. The molecule has 9 heteroatoms. The molecular weight excluding hydrogens is 338 g/mol. The van der Waals surface area contributed by atoms with E-state index in [1.807, 2.05) is 12.1 Å². The summed E-state index contributed by atoms with van der Waals surface area (Å²) in [5.74, 6) is -0.0924. The van der Waals surface area contributed by atoms with Gasteiger partial charge in [-0.05, 0) is 29.3 Å². The van der Waals surface area contributed by atoms with Crippen LogP contribution in [0.4, 0.5) is 11.5 Å². The summed E-state index contributed by atoms with van der Waals surface area (Å²) in [6.45, 7) is 0. The molecule has 1 fully saturated rings. The van der Waals surface area contributed by atoms with Gasteiger partial charge in [0, 0.05) is 10.9 Å². The number of rotatable bonds is 5. The molecule has 1 saturated heterocycles. The molecule has 0 saturated carbocycles. The number of epoxide rings is 1. The number of ether oxygens (including phenoxy) is 1. The second-order valence-electron chi connectivity index (χ2n) is 6.00. The van der Waals surface area contributed by atoms with Gasteiger partial charge in [0.05, 0.1) is 11.3 Å². The third kappa shape index (κ3) is 2.85. The van der Waals surface area contributed by atoms with Gasteiger partial charge in [0.15, 0.2) is 12.5 Å². The zero-order valence-corrected chi connectivity index (χ0v) is 13.5. The van der Waals surface area contributed by atoms with E-state index in [9.17, 15) is 4.79 Å². The molecule has 8 N–H and O–H groups in total. The molecule has 3 aromatic rings. The van der Waals surface area contributed by atoms with E-state index < -0.39 is 12.1 Å². The van der Waals surface area contributed by atoms with Crippen LogP contribution in [0.1, 0.15) is 10.4 Å². The highest BCUT2D eigenvalue weighted by Gasteiger charge is 2.36. The fourth-order valence-corrected chi connectivity index (χ4v) is 2.91. The van der Waals surface area contributed by atoms with Crippen LogP contribution < -0.4 is 22.0 Å². The number of nitrogens with two attached hydrogens (primary N) is 2. The lowest BCUT2D eigenvalue weighted by Crippen LogP contribution is -2.17. The van der Waals surface area contributed by atoms with Gasteiger partial charge in [0.2, 0.25) is 0 Å². The topological polar surface area (TPSA) is 153 Å². The van der Waals surface area contributed by atoms with Gasteiger partial charge in [-0.25, -0.2) is 0 Å². The number of primary amides is 1. The zero-order valence-electron chi connectivity index (χ0n) is 13.5. The lowest BCUT2D eigenvalue weighted by Gasteiger charge is -2.08. The summed E-state index contributed by atoms with van der Waals surface area (Å²) in [6, 6.07) is 12.2. The number of carbonyl (C=O) groups excluding carboxylic acids is 1. The fourth-order valence-electron chi connectivity index (χ4n) is 2.91. The molecule has 4 rings (SSSR count). The van der Waals surface area contributed by atoms with Crippen molar-refractivity contribution in [1.82, 2.24) is 4.98 Å². The minimum absolute atomic E-state index is 0.0552. The molecule has 1 unspecified atom stereocenters. The molecule has 1 aliphatic rings. The first-order chi connectivity index (χ1) is 12.4. The summed E-state index contributed by atoms with van der Waals surface area (Å²) >= 11 is 0. The average Bonchev–Trinajstić information content (AvgIpc) is 3.17. The first kappa shape index (κ1) is 16.4. The second kappa shape index (κ2) is 6.00. The van der Waals surface area contributed by atoms with Crippen LogP contribution in [0.3, 0.4) is 0 Å². The van der Waals surface area contributed by atoms with E-state index in [1.165, 1.54) is 0 Å². The zero-order chi connectivity index (χ0) is 18.4. The van der Waals surface area contributed by atoms with Crippen molar-refractivity contribution in [3.05, 3.63) is 48.0 Å². The van der Waals surface area contributed by atoms with Crippen LogP contribution in [-0.2, 0) is 4.74 Å². The van der Waals surface area contributed by atoms with Crippen molar-refractivity contribution in [2.45, 2.75) is 12.5 Å². The number of hydrogen-bond acceptors (Lipinski definition) is 7. The Labute approximate surface area is 147 Å². The largest absolute Gasteiger partial charge is 0.365 e. The van der Waals surface area contributed by atoms with Gasteiger partial charge < -0.3 is 26.5 Å². The molecule has 0 radical (unpaired) electrons. The number of carbonyl (C=O) groups is 1. The Balaban J connectivity index is 1.73. The number of amides is 1. The summed E-state index contributed by atoms with van der Waals surface area (Å²) < 4.78 is 5.12. The molecule has 134 valence electrons. The Bertz CT molecular complexity index is 983. The van der Waals surface area contributed by atoms with Crippen molar-refractivity contribution in [3.63, 3.8) is 0 Å². The lowest BCUT2D eigenvalue weighted by atomic mass is 10.0. The average molecular weight is 355 g/mol. The Hall–Kier alpha value is -3.11. The molecule has 9 nitrogen and oxygen atoms in total. The van der Waals surface area contributed by atoms with Crippen LogP contribution in [0, 0.1) is 0 Å². The molecule has 2 aromatic carbocycles. The van der Waals surface area contributed by atoms with Crippen molar-refractivity contribution in [2.24, 2.45) is 11.5 Å². The van der Waals surface area contributed by atoms with E-state index >= 15 is 0 Å². The smallest absolute Gasteiger partial charge is 0.253 e. The number of aromatic amines is 1. The number of fused-ring (bicyclic) bond motifs is 1. The van der Waals surface area contributed by atoms with Crippen molar-refractivity contribution in [1.29, 1.82) is 0 Å². The van der Waals surface area contributed by atoms with E-state index in [0.717, 1.165) is 16.6 Å². The van der Waals surface area contributed by atoms with Gasteiger partial charge in [0.1, 0.15) is 5.82 Å². The number of H-pyrrole nitrogens is 1. The van der Waals surface area contributed by atoms with Crippen LogP contribution >= 0.6 is 0 Å². The summed E-state index contributed by atoms with van der Waals surface area (Å²) in [5, 5.41) is 21.8. The Morgan fingerprint density at radius 1 is 1.15 bits per heavy atom. The molecule has 1 aromatic heterocycles. The first-order valence-electron chi connectivity index (χ1n) is 7.85. The van der Waals surface area contributed by atoms with Gasteiger partial charge in [-0.15, -0.1) is 5.23 Å². The van der Waals surface area contributed by atoms with Gasteiger partial charge in [-0.1, -0.05) is 24.3 Å². The third-order valence-corrected chi connectivity index (χ3v) is 4.29. The summed E-state index contributed by atoms with van der Waals surface area (Å²) in [7, 11) is 0. The van der Waals surface area contributed by atoms with Gasteiger partial charge >= 0.3 is 0 Å². The van der Waals surface area contributed by atoms with Crippen LogP contribution in [0.2, 0.25) is 0 Å². The van der Waals surface area contributed by atoms with E-state index in [0.29, 0.717) is 16.8 Å². The minimum atomic E-state index is -0.559. The predicted molar refractivity (Wildman–Crippen MR) is 94.8 cm³/mol. The van der Waals surface area contributed by atoms with Gasteiger partial charge in [-0.2, -0.15) is 0 Å². The second-order valence-corrected chi connectivity index (χ2v) is 6.00. The van der Waals surface area contributed by atoms with Crippen LogP contribution in [0.5, 0.6) is 0 Å². The number of hydrogen-bond donors (Lipinski definition) is 6. The van der Waals surface area contributed by atoms with Crippen molar-refractivity contribution in [3.8, 4) is 11.1 Å². The summed E-state index contributed by atoms with van der Waals surface area (Å²) in [6.07, 6.45) is -0.762. The number of nitrogens with zero attached hydrogens (tertiary/aromatic N) is 1. The molecule has 0 spiro atoms. The highest BCUT2D eigenvalue weighted by Crippen LogP contribution is 2.32. The quantitative estimate of drug-likeness (QED) is 0.300. The van der Waals surface area contributed by atoms with E-state index in [-0.39, 0.29) is 17.1 Å². The van der Waals surface area contributed by atoms with E-state index in [1.54, 1.807) is 30.3 Å². The molecule has 0 aliphatic carbocycles. The van der Waals surface area contributed by atoms with Crippen molar-refractivity contribution in [2.75, 3.05) is 10.5 Å². The highest BCUT2D eigenvalue weighted by molar-refractivity contribution is 6.11. The maximum atomic E-state index is 11.9. The predicted octanol–water partition coefficient (Wildman–Crippen LogP) is 1.57. The molecule has 1 aliphatic heterocycles. The molecule has 0 bridgehead atoms. The summed E-state index contributed by atoms with van der Waals surface area (Å²) in [5.41, 5.74) is 14.2. The van der Waals surface area contributed by atoms with Crippen molar-refractivity contribution < 1.29 is 19.9 Å². The Morgan fingerprint density at radius 3 is 2.38 bits per heavy atom. The van der Waals surface area contributed by atoms with Gasteiger partial charge in [-0.3, -0.25) is 15.2 Å². The normalized spacial score (nSPS) is 18.7.